The van der Waals surface area contributed by atoms with Crippen molar-refractivity contribution in [3.05, 3.63) is 60.4 Å². The SMILES string of the molecule is COc1cccc(CN=Nc2nn3cnnc3c3ccccc23)c1. The zero-order valence-electron chi connectivity index (χ0n) is 13.0. The third kappa shape index (κ3) is 2.56. The van der Waals surface area contributed by atoms with Gasteiger partial charge in [-0.2, -0.15) is 9.63 Å². The van der Waals surface area contributed by atoms with Crippen LogP contribution in [0.5, 0.6) is 5.75 Å². The average molecular weight is 318 g/mol. The first-order valence-electron chi connectivity index (χ1n) is 7.44. The largest absolute Gasteiger partial charge is 0.497 e. The predicted octanol–water partition coefficient (Wildman–Crippen LogP) is 3.57. The monoisotopic (exact) mass is 318 g/mol. The Balaban J connectivity index is 1.70. The molecule has 2 aromatic heterocycles. The van der Waals surface area contributed by atoms with E-state index in [1.807, 2.05) is 48.5 Å². The topological polar surface area (TPSA) is 77.0 Å². The number of azo groups is 1. The second kappa shape index (κ2) is 6.04. The van der Waals surface area contributed by atoms with Crippen molar-refractivity contribution in [3.8, 4) is 5.75 Å². The Labute approximate surface area is 137 Å². The zero-order valence-corrected chi connectivity index (χ0v) is 13.0. The molecule has 0 unspecified atom stereocenters. The van der Waals surface area contributed by atoms with E-state index in [2.05, 4.69) is 25.5 Å². The Morgan fingerprint density at radius 1 is 1.08 bits per heavy atom. The van der Waals surface area contributed by atoms with Crippen molar-refractivity contribution in [3.63, 3.8) is 0 Å². The zero-order chi connectivity index (χ0) is 16.4. The van der Waals surface area contributed by atoms with Gasteiger partial charge in [0.25, 0.3) is 0 Å². The lowest BCUT2D eigenvalue weighted by molar-refractivity contribution is 0.414. The van der Waals surface area contributed by atoms with Crippen molar-refractivity contribution >= 4 is 22.2 Å². The summed E-state index contributed by atoms with van der Waals surface area (Å²) in [7, 11) is 1.64. The normalized spacial score (nSPS) is 11.5. The maximum absolute atomic E-state index is 5.21. The molecule has 0 radical (unpaired) electrons. The molecule has 7 heteroatoms. The molecule has 118 valence electrons. The van der Waals surface area contributed by atoms with Gasteiger partial charge in [-0.3, -0.25) is 0 Å². The number of benzene rings is 2. The molecule has 0 aliphatic heterocycles. The summed E-state index contributed by atoms with van der Waals surface area (Å²) < 4.78 is 6.83. The molecule has 0 amide bonds. The lowest BCUT2D eigenvalue weighted by atomic mass is 10.2. The maximum Gasteiger partial charge on any atom is 0.202 e. The third-order valence-electron chi connectivity index (χ3n) is 3.69. The molecule has 2 aromatic carbocycles. The van der Waals surface area contributed by atoms with Crippen molar-refractivity contribution in [2.45, 2.75) is 6.54 Å². The number of hydrogen-bond acceptors (Lipinski definition) is 6. The van der Waals surface area contributed by atoms with E-state index in [1.165, 1.54) is 0 Å². The van der Waals surface area contributed by atoms with Gasteiger partial charge in [-0.25, -0.2) is 0 Å². The number of ether oxygens (including phenoxy) is 1. The summed E-state index contributed by atoms with van der Waals surface area (Å²) in [5.41, 5.74) is 1.73. The summed E-state index contributed by atoms with van der Waals surface area (Å²) in [6.07, 6.45) is 1.56. The van der Waals surface area contributed by atoms with Gasteiger partial charge in [-0.1, -0.05) is 36.4 Å². The summed E-state index contributed by atoms with van der Waals surface area (Å²) >= 11 is 0. The van der Waals surface area contributed by atoms with E-state index >= 15 is 0 Å². The van der Waals surface area contributed by atoms with Crippen LogP contribution < -0.4 is 4.74 Å². The number of aromatic nitrogens is 4. The Morgan fingerprint density at radius 2 is 1.96 bits per heavy atom. The Morgan fingerprint density at radius 3 is 2.83 bits per heavy atom. The molecule has 4 aromatic rings. The summed E-state index contributed by atoms with van der Waals surface area (Å²) in [6, 6.07) is 15.6. The van der Waals surface area contributed by atoms with E-state index in [4.69, 9.17) is 4.74 Å². The van der Waals surface area contributed by atoms with E-state index in [9.17, 15) is 0 Å². The molecule has 4 rings (SSSR count). The fraction of sp³-hybridized carbons (Fsp3) is 0.118. The highest BCUT2D eigenvalue weighted by molar-refractivity contribution is 5.98. The van der Waals surface area contributed by atoms with Gasteiger partial charge < -0.3 is 4.74 Å². The minimum absolute atomic E-state index is 0.452. The summed E-state index contributed by atoms with van der Waals surface area (Å²) in [5, 5.41) is 22.9. The summed E-state index contributed by atoms with van der Waals surface area (Å²) in [5.74, 6) is 1.35. The van der Waals surface area contributed by atoms with Crippen LogP contribution in [0.3, 0.4) is 0 Å². The standard InChI is InChI=1S/C17H14N6O/c1-24-13-6-4-5-12(9-13)10-18-20-16-14-7-2-3-8-15(14)17-21-19-11-23(17)22-16/h2-9,11H,10H2,1H3. The van der Waals surface area contributed by atoms with Gasteiger partial charge in [-0.05, 0) is 17.7 Å². The van der Waals surface area contributed by atoms with Crippen LogP contribution in [0.2, 0.25) is 0 Å². The number of fused-ring (bicyclic) bond motifs is 3. The van der Waals surface area contributed by atoms with Crippen LogP contribution in [0.25, 0.3) is 16.4 Å². The Kier molecular flexibility index (Phi) is 3.59. The Hall–Kier alpha value is -3.35. The molecule has 0 aliphatic rings. The highest BCUT2D eigenvalue weighted by atomic mass is 16.5. The van der Waals surface area contributed by atoms with Crippen LogP contribution in [0.15, 0.2) is 65.1 Å². The fourth-order valence-electron chi connectivity index (χ4n) is 2.54. The third-order valence-corrected chi connectivity index (χ3v) is 3.69. The van der Waals surface area contributed by atoms with E-state index in [1.54, 1.807) is 18.0 Å². The minimum Gasteiger partial charge on any atom is -0.497 e. The minimum atomic E-state index is 0.452. The lowest BCUT2D eigenvalue weighted by Crippen LogP contribution is -1.92. The molecule has 0 spiro atoms. The first-order chi connectivity index (χ1) is 11.8. The number of methoxy groups -OCH3 is 1. The molecular formula is C17H14N6O. The molecule has 0 saturated carbocycles. The van der Waals surface area contributed by atoms with Crippen LogP contribution in [-0.4, -0.2) is 26.9 Å². The van der Waals surface area contributed by atoms with Crippen LogP contribution in [0, 0.1) is 0 Å². The van der Waals surface area contributed by atoms with Crippen molar-refractivity contribution < 1.29 is 4.74 Å². The molecule has 0 atom stereocenters. The molecule has 0 N–H and O–H groups in total. The fourth-order valence-corrected chi connectivity index (χ4v) is 2.54. The Bertz CT molecular complexity index is 1040. The van der Waals surface area contributed by atoms with Gasteiger partial charge in [0, 0.05) is 10.8 Å². The average Bonchev–Trinajstić information content (AvgIpc) is 3.11. The second-order valence-electron chi connectivity index (χ2n) is 5.22. The maximum atomic E-state index is 5.21. The molecule has 0 aliphatic carbocycles. The number of hydrogen-bond donors (Lipinski definition) is 0. The highest BCUT2D eigenvalue weighted by Crippen LogP contribution is 2.26. The smallest absolute Gasteiger partial charge is 0.202 e. The van der Waals surface area contributed by atoms with Crippen molar-refractivity contribution in [1.29, 1.82) is 0 Å². The van der Waals surface area contributed by atoms with Gasteiger partial charge in [0.05, 0.1) is 13.7 Å². The summed E-state index contributed by atoms with van der Waals surface area (Å²) in [4.78, 5) is 0. The van der Waals surface area contributed by atoms with Gasteiger partial charge >= 0.3 is 0 Å². The van der Waals surface area contributed by atoms with Gasteiger partial charge in [0.1, 0.15) is 12.1 Å². The first kappa shape index (κ1) is 14.3. The van der Waals surface area contributed by atoms with Gasteiger partial charge in [0.2, 0.25) is 5.82 Å². The van der Waals surface area contributed by atoms with Crippen LogP contribution in [-0.2, 0) is 6.54 Å². The molecule has 7 nitrogen and oxygen atoms in total. The lowest BCUT2D eigenvalue weighted by Gasteiger charge is -2.03. The van der Waals surface area contributed by atoms with Gasteiger partial charge in [0.15, 0.2) is 5.65 Å². The van der Waals surface area contributed by atoms with E-state index < -0.39 is 0 Å². The predicted molar refractivity (Wildman–Crippen MR) is 89.5 cm³/mol. The summed E-state index contributed by atoms with van der Waals surface area (Å²) in [6.45, 7) is 0.452. The van der Waals surface area contributed by atoms with E-state index in [0.717, 1.165) is 22.1 Å². The van der Waals surface area contributed by atoms with Crippen LogP contribution in [0.1, 0.15) is 5.56 Å². The molecule has 0 bridgehead atoms. The quantitative estimate of drug-likeness (QED) is 0.539. The first-order valence-corrected chi connectivity index (χ1v) is 7.44. The highest BCUT2D eigenvalue weighted by Gasteiger charge is 2.08. The van der Waals surface area contributed by atoms with Crippen molar-refractivity contribution in [2.75, 3.05) is 7.11 Å². The molecule has 0 fully saturated rings. The molecule has 0 saturated heterocycles. The van der Waals surface area contributed by atoms with Crippen LogP contribution >= 0.6 is 0 Å². The van der Waals surface area contributed by atoms with E-state index in [-0.39, 0.29) is 0 Å². The molecule has 2 heterocycles. The molecular weight excluding hydrogens is 304 g/mol. The van der Waals surface area contributed by atoms with Crippen molar-refractivity contribution in [1.82, 2.24) is 19.8 Å². The molecule has 24 heavy (non-hydrogen) atoms. The number of rotatable bonds is 4. The van der Waals surface area contributed by atoms with Crippen molar-refractivity contribution in [2.24, 2.45) is 10.2 Å². The van der Waals surface area contributed by atoms with Crippen LogP contribution in [0.4, 0.5) is 5.82 Å². The number of nitrogens with zero attached hydrogens (tertiary/aromatic N) is 6. The van der Waals surface area contributed by atoms with Gasteiger partial charge in [-0.15, -0.1) is 20.4 Å². The van der Waals surface area contributed by atoms with E-state index in [0.29, 0.717) is 18.0 Å². The second-order valence-corrected chi connectivity index (χ2v) is 5.22.